The molecule has 1 nitrogen and oxygen atoms in total. The second-order valence-corrected chi connectivity index (χ2v) is 17.4. The summed E-state index contributed by atoms with van der Waals surface area (Å²) >= 11 is 1.91. The van der Waals surface area contributed by atoms with Crippen molar-refractivity contribution in [2.45, 2.75) is 19.3 Å². The third kappa shape index (κ3) is 4.23. The van der Waals surface area contributed by atoms with E-state index in [0.717, 1.165) is 21.9 Å². The van der Waals surface area contributed by atoms with E-state index in [1.165, 1.54) is 108 Å². The fraction of sp³-hybridized carbons (Fsp3) is 0.0545. The summed E-state index contributed by atoms with van der Waals surface area (Å²) in [5, 5.41) is 15.4. The molecular formula is C55H34OS. The number of furan rings is 1. The molecule has 0 saturated carbocycles. The van der Waals surface area contributed by atoms with Gasteiger partial charge in [0.15, 0.2) is 0 Å². The van der Waals surface area contributed by atoms with Crippen LogP contribution < -0.4 is 0 Å². The summed E-state index contributed by atoms with van der Waals surface area (Å²) in [5.74, 6) is 0. The van der Waals surface area contributed by atoms with E-state index in [9.17, 15) is 0 Å². The van der Waals surface area contributed by atoms with E-state index in [0.29, 0.717) is 0 Å². The van der Waals surface area contributed by atoms with Crippen LogP contribution in [0, 0.1) is 0 Å². The van der Waals surface area contributed by atoms with Gasteiger partial charge in [0.1, 0.15) is 11.2 Å². The van der Waals surface area contributed by atoms with Gasteiger partial charge in [-0.1, -0.05) is 141 Å². The lowest BCUT2D eigenvalue weighted by molar-refractivity contribution is 0.661. The Morgan fingerprint density at radius 3 is 1.77 bits per heavy atom. The lowest BCUT2D eigenvalue weighted by Crippen LogP contribution is -2.15. The van der Waals surface area contributed by atoms with Crippen LogP contribution in [0.4, 0.5) is 0 Å². The molecular weight excluding hydrogens is 709 g/mol. The van der Waals surface area contributed by atoms with Crippen molar-refractivity contribution in [1.29, 1.82) is 0 Å². The molecule has 266 valence electrons. The first kappa shape index (κ1) is 31.5. The van der Waals surface area contributed by atoms with Gasteiger partial charge in [0.25, 0.3) is 0 Å². The number of benzene rings is 10. The summed E-state index contributed by atoms with van der Waals surface area (Å²) in [6, 6.07) is 63.2. The van der Waals surface area contributed by atoms with Gasteiger partial charge in [0.05, 0.1) is 0 Å². The average molecular weight is 743 g/mol. The van der Waals surface area contributed by atoms with Crippen LogP contribution in [0.15, 0.2) is 174 Å². The molecule has 0 aliphatic heterocycles. The Kier molecular flexibility index (Phi) is 6.18. The maximum Gasteiger partial charge on any atom is 0.135 e. The molecule has 2 aromatic heterocycles. The van der Waals surface area contributed by atoms with E-state index >= 15 is 0 Å². The highest BCUT2D eigenvalue weighted by Gasteiger charge is 2.37. The summed E-state index contributed by atoms with van der Waals surface area (Å²) < 4.78 is 9.21. The van der Waals surface area contributed by atoms with Gasteiger partial charge in [0, 0.05) is 41.7 Å². The molecule has 2 heteroatoms. The van der Waals surface area contributed by atoms with Gasteiger partial charge in [-0.2, -0.15) is 0 Å². The molecule has 0 saturated heterocycles. The molecule has 57 heavy (non-hydrogen) atoms. The first-order chi connectivity index (χ1) is 28.0. The van der Waals surface area contributed by atoms with Crippen molar-refractivity contribution in [1.82, 2.24) is 0 Å². The second-order valence-electron chi connectivity index (χ2n) is 16.4. The molecule has 10 aromatic carbocycles. The number of rotatable bonds is 2. The molecule has 1 aliphatic carbocycles. The normalized spacial score (nSPS) is 13.6. The SMILES string of the molecule is CC1(C)c2ccccc2-c2c1cc(-c1ccc3oc4ccc(-c5ccc6c(c5)c5ccccc5c5c6ccc6c7ccccc7sc65)cc4c3c1)c1ccccc21. The molecule has 0 unspecified atom stereocenters. The van der Waals surface area contributed by atoms with Crippen LogP contribution in [0.5, 0.6) is 0 Å². The Bertz CT molecular complexity index is 3700. The largest absolute Gasteiger partial charge is 0.456 e. The lowest BCUT2D eigenvalue weighted by atomic mass is 9.80. The highest BCUT2D eigenvalue weighted by Crippen LogP contribution is 2.53. The molecule has 0 spiro atoms. The third-order valence-corrected chi connectivity index (χ3v) is 14.2. The first-order valence-corrected chi connectivity index (χ1v) is 20.6. The predicted octanol–water partition coefficient (Wildman–Crippen LogP) is 16.2. The van der Waals surface area contributed by atoms with Crippen LogP contribution in [0.2, 0.25) is 0 Å². The average Bonchev–Trinajstić information content (AvgIpc) is 3.90. The highest BCUT2D eigenvalue weighted by molar-refractivity contribution is 7.26. The minimum atomic E-state index is -0.0889. The molecule has 12 aromatic rings. The van der Waals surface area contributed by atoms with Gasteiger partial charge < -0.3 is 4.42 Å². The highest BCUT2D eigenvalue weighted by atomic mass is 32.1. The minimum absolute atomic E-state index is 0.0889. The zero-order valence-electron chi connectivity index (χ0n) is 31.5. The summed E-state index contributed by atoms with van der Waals surface area (Å²) in [4.78, 5) is 0. The van der Waals surface area contributed by atoms with E-state index in [2.05, 4.69) is 184 Å². The summed E-state index contributed by atoms with van der Waals surface area (Å²) in [6.45, 7) is 4.74. The van der Waals surface area contributed by atoms with Crippen LogP contribution in [-0.2, 0) is 5.41 Å². The topological polar surface area (TPSA) is 13.1 Å². The van der Waals surface area contributed by atoms with Crippen molar-refractivity contribution in [2.24, 2.45) is 0 Å². The van der Waals surface area contributed by atoms with E-state index < -0.39 is 0 Å². The van der Waals surface area contributed by atoms with Gasteiger partial charge >= 0.3 is 0 Å². The second kappa shape index (κ2) is 11.2. The van der Waals surface area contributed by atoms with Gasteiger partial charge in [-0.15, -0.1) is 11.3 Å². The summed E-state index contributed by atoms with van der Waals surface area (Å²) in [5.41, 5.74) is 12.1. The maximum absolute atomic E-state index is 6.51. The van der Waals surface area contributed by atoms with Gasteiger partial charge in [-0.25, -0.2) is 0 Å². The molecule has 0 radical (unpaired) electrons. The Hall–Kier alpha value is -6.74. The monoisotopic (exact) mass is 742 g/mol. The molecule has 0 atom stereocenters. The van der Waals surface area contributed by atoms with Crippen molar-refractivity contribution >= 4 is 96.5 Å². The number of fused-ring (bicyclic) bond motifs is 18. The fourth-order valence-corrected chi connectivity index (χ4v) is 11.6. The molecule has 0 fully saturated rings. The Morgan fingerprint density at radius 2 is 0.947 bits per heavy atom. The molecule has 1 aliphatic rings. The molecule has 0 amide bonds. The summed E-state index contributed by atoms with van der Waals surface area (Å²) in [6.07, 6.45) is 0. The molecule has 0 N–H and O–H groups in total. The molecule has 0 bridgehead atoms. The number of hydrogen-bond donors (Lipinski definition) is 0. The van der Waals surface area contributed by atoms with E-state index in [4.69, 9.17) is 4.42 Å². The number of hydrogen-bond acceptors (Lipinski definition) is 2. The predicted molar refractivity (Wildman–Crippen MR) is 245 cm³/mol. The van der Waals surface area contributed by atoms with Crippen molar-refractivity contribution < 1.29 is 4.42 Å². The van der Waals surface area contributed by atoms with Crippen LogP contribution in [0.25, 0.3) is 119 Å². The Balaban J connectivity index is 0.991. The van der Waals surface area contributed by atoms with Gasteiger partial charge in [-0.3, -0.25) is 0 Å². The third-order valence-electron chi connectivity index (χ3n) is 13.0. The molecule has 2 heterocycles. The van der Waals surface area contributed by atoms with E-state index in [1.54, 1.807) is 0 Å². The van der Waals surface area contributed by atoms with Crippen molar-refractivity contribution in [3.05, 3.63) is 181 Å². The quantitative estimate of drug-likeness (QED) is 0.161. The van der Waals surface area contributed by atoms with Crippen molar-refractivity contribution in [3.63, 3.8) is 0 Å². The first-order valence-electron chi connectivity index (χ1n) is 19.8. The standard InChI is InChI=1S/C55H34OS/c1-55(2)47-17-9-7-16-42(47)52-38-14-5-3-11-34(38)43(30-48(52)55)33-21-26-50-46(29-33)45-28-32(20-25-49(45)56-50)31-19-22-36-40-23-24-41-37-13-8-10-18-51(37)57-54(41)53(40)39-15-6-4-12-35(39)44(36)27-31/h3-30H,1-2H3. The van der Waals surface area contributed by atoms with Gasteiger partial charge in [0.2, 0.25) is 0 Å². The van der Waals surface area contributed by atoms with E-state index in [-0.39, 0.29) is 5.41 Å². The van der Waals surface area contributed by atoms with Crippen LogP contribution in [0.3, 0.4) is 0 Å². The van der Waals surface area contributed by atoms with Crippen molar-refractivity contribution in [3.8, 4) is 33.4 Å². The maximum atomic E-state index is 6.51. The smallest absolute Gasteiger partial charge is 0.135 e. The zero-order chi connectivity index (χ0) is 37.6. The summed E-state index contributed by atoms with van der Waals surface area (Å²) in [7, 11) is 0. The zero-order valence-corrected chi connectivity index (χ0v) is 32.3. The van der Waals surface area contributed by atoms with Crippen LogP contribution in [0.1, 0.15) is 25.0 Å². The van der Waals surface area contributed by atoms with Crippen LogP contribution >= 0.6 is 11.3 Å². The Morgan fingerprint density at radius 1 is 0.386 bits per heavy atom. The van der Waals surface area contributed by atoms with Crippen molar-refractivity contribution in [2.75, 3.05) is 0 Å². The Labute approximate surface area is 333 Å². The fourth-order valence-electron chi connectivity index (χ4n) is 10.3. The molecule has 13 rings (SSSR count). The minimum Gasteiger partial charge on any atom is -0.456 e. The van der Waals surface area contributed by atoms with E-state index in [1.807, 2.05) is 11.3 Å². The number of thiophene rings is 1. The van der Waals surface area contributed by atoms with Crippen LogP contribution in [-0.4, -0.2) is 0 Å². The lowest BCUT2D eigenvalue weighted by Gasteiger charge is -2.23. The van der Waals surface area contributed by atoms with Gasteiger partial charge in [-0.05, 0) is 125 Å².